The van der Waals surface area contributed by atoms with E-state index in [0.29, 0.717) is 0 Å². The summed E-state index contributed by atoms with van der Waals surface area (Å²) in [6.07, 6.45) is 0. The van der Waals surface area contributed by atoms with Crippen molar-refractivity contribution in [2.75, 3.05) is 0 Å². The van der Waals surface area contributed by atoms with Crippen molar-refractivity contribution in [3.05, 3.63) is 11.3 Å². The van der Waals surface area contributed by atoms with Gasteiger partial charge >= 0.3 is 15.2 Å². The maximum Gasteiger partial charge on any atom is 0.390 e. The second kappa shape index (κ2) is 12.9. The number of aliphatic hydroxyl groups is 1. The summed E-state index contributed by atoms with van der Waals surface area (Å²) >= 11 is 0. The summed E-state index contributed by atoms with van der Waals surface area (Å²) in [6.45, 7) is 0. The van der Waals surface area contributed by atoms with Crippen LogP contribution in [0.4, 0.5) is 0 Å². The first-order valence-corrected chi connectivity index (χ1v) is 5.45. The molecule has 5 N–H and O–H groups in total. The van der Waals surface area contributed by atoms with Crippen molar-refractivity contribution < 1.29 is 33.8 Å². The molecule has 0 unspecified atom stereocenters. The molecule has 0 aromatic heterocycles. The summed E-state index contributed by atoms with van der Waals surface area (Å²) in [6, 6.07) is 0. The van der Waals surface area contributed by atoms with Crippen LogP contribution in [0, 0.1) is 0 Å². The van der Waals surface area contributed by atoms with Gasteiger partial charge in [-0.1, -0.05) is 0 Å². The van der Waals surface area contributed by atoms with E-state index in [1.54, 1.807) is 0 Å². The zero-order chi connectivity index (χ0) is 9.28. The van der Waals surface area contributed by atoms with E-state index >= 15 is 0 Å². The molecule has 0 rings (SSSR count). The van der Waals surface area contributed by atoms with E-state index in [1.165, 1.54) is 0 Å². The van der Waals surface area contributed by atoms with Gasteiger partial charge in [0.15, 0.2) is 0 Å². The van der Waals surface area contributed by atoms with Crippen LogP contribution in [-0.4, -0.2) is 143 Å². The van der Waals surface area contributed by atoms with Gasteiger partial charge < -0.3 is 24.7 Å². The van der Waals surface area contributed by atoms with Crippen LogP contribution < -0.4 is 0 Å². The van der Waals surface area contributed by atoms with Gasteiger partial charge in [-0.15, -0.1) is 0 Å². The Morgan fingerprint density at radius 1 is 0.867 bits per heavy atom. The molecular formula is C2H6Na4O7P2. The number of hydrogen-bond acceptors (Lipinski definition) is 3. The van der Waals surface area contributed by atoms with Gasteiger partial charge in [-0.25, -0.2) is 0 Å². The van der Waals surface area contributed by atoms with Crippen LogP contribution in [0.15, 0.2) is 11.3 Å². The molecule has 0 aliphatic heterocycles. The topological polar surface area (TPSA) is 135 Å². The van der Waals surface area contributed by atoms with E-state index in [2.05, 4.69) is 0 Å². The van der Waals surface area contributed by atoms with Crippen LogP contribution in [-0.2, 0) is 9.13 Å². The molecule has 7 nitrogen and oxygen atoms in total. The molecule has 0 aromatic carbocycles. The van der Waals surface area contributed by atoms with Crippen LogP contribution >= 0.6 is 15.2 Å². The van der Waals surface area contributed by atoms with Gasteiger partial charge in [-0.3, -0.25) is 9.13 Å². The third-order valence-electron chi connectivity index (χ3n) is 0.582. The summed E-state index contributed by atoms with van der Waals surface area (Å²) in [7, 11) is -9.65. The Bertz CT molecular complexity index is 266. The average molecular weight is 296 g/mol. The number of hydrogen-bond donors (Lipinski definition) is 5. The zero-order valence-corrected chi connectivity index (χ0v) is 18.8. The Morgan fingerprint density at radius 2 is 1.13 bits per heavy atom. The van der Waals surface area contributed by atoms with E-state index in [1.807, 2.05) is 0 Å². The smallest absolute Gasteiger partial charge is 0.390 e. The van der Waals surface area contributed by atoms with Crippen LogP contribution in [0.3, 0.4) is 0 Å². The van der Waals surface area contributed by atoms with Gasteiger partial charge in [0.05, 0.1) is 5.82 Å². The Hall–Kier alpha value is 3.84. The van der Waals surface area contributed by atoms with Crippen LogP contribution in [0.1, 0.15) is 0 Å². The molecule has 0 spiro atoms. The molecule has 4 radical (unpaired) electrons. The second-order valence-corrected chi connectivity index (χ2v) is 4.60. The first-order valence-electron chi connectivity index (χ1n) is 2.16. The summed E-state index contributed by atoms with van der Waals surface area (Å²) in [5, 5.41) is 8.33. The first kappa shape index (κ1) is 31.3. The Balaban J connectivity index is -0.0000000833. The van der Waals surface area contributed by atoms with Gasteiger partial charge in [-0.2, -0.15) is 0 Å². The SMILES string of the molecule is O=P(O)(O)C=C(O)P(=O)(O)O.[Na].[Na].[Na].[Na]. The van der Waals surface area contributed by atoms with Crippen LogP contribution in [0.2, 0.25) is 0 Å². The molecule has 0 aliphatic carbocycles. The van der Waals surface area contributed by atoms with E-state index in [-0.39, 0.29) is 124 Å². The Labute approximate surface area is 175 Å². The van der Waals surface area contributed by atoms with Crippen LogP contribution in [0.25, 0.3) is 0 Å². The molecule has 70 valence electrons. The summed E-state index contributed by atoms with van der Waals surface area (Å²) in [5.74, 6) is -0.187. The van der Waals surface area contributed by atoms with Gasteiger partial charge in [0, 0.05) is 118 Å². The van der Waals surface area contributed by atoms with Crippen molar-refractivity contribution >= 4 is 133 Å². The standard InChI is InChI=1S/C2H6O7P2.4Na/c3-2(11(7,8)9)1-10(4,5)6;;;;/h1,3H,(H2,4,5,6)(H2,7,8,9);;;;. The maximum absolute atomic E-state index is 10.0. The predicted octanol–water partition coefficient (Wildman–Crippen LogP) is -1.82. The maximum atomic E-state index is 10.0. The largest absolute Gasteiger partial charge is 0.501 e. The molecule has 0 saturated carbocycles. The van der Waals surface area contributed by atoms with Gasteiger partial charge in [0.25, 0.3) is 0 Å². The fraction of sp³-hybridized carbons (Fsp3) is 0. The fourth-order valence-electron chi connectivity index (χ4n) is 0.226. The Morgan fingerprint density at radius 3 is 1.20 bits per heavy atom. The van der Waals surface area contributed by atoms with Crippen molar-refractivity contribution in [3.63, 3.8) is 0 Å². The molecule has 0 aromatic rings. The van der Waals surface area contributed by atoms with Crippen molar-refractivity contribution in [2.45, 2.75) is 0 Å². The average Bonchev–Trinajstić information content (AvgIpc) is 1.56. The van der Waals surface area contributed by atoms with E-state index in [9.17, 15) is 9.13 Å². The minimum atomic E-state index is -4.93. The molecule has 13 heteroatoms. The fourth-order valence-corrected chi connectivity index (χ4v) is 1.58. The van der Waals surface area contributed by atoms with Gasteiger partial charge in [0.1, 0.15) is 0 Å². The number of aliphatic hydroxyl groups excluding tert-OH is 1. The van der Waals surface area contributed by atoms with Gasteiger partial charge in [0.2, 0.25) is 5.50 Å². The van der Waals surface area contributed by atoms with Crippen molar-refractivity contribution in [1.29, 1.82) is 0 Å². The van der Waals surface area contributed by atoms with Crippen molar-refractivity contribution in [1.82, 2.24) is 0 Å². The summed E-state index contributed by atoms with van der Waals surface area (Å²) < 4.78 is 20.0. The first-order chi connectivity index (χ1) is 4.63. The normalized spacial score (nSPS) is 11.1. The van der Waals surface area contributed by atoms with Gasteiger partial charge in [-0.05, 0) is 0 Å². The molecule has 0 saturated heterocycles. The van der Waals surface area contributed by atoms with E-state index < -0.39 is 20.7 Å². The minimum absolute atomic E-state index is 0. The Kier molecular flexibility index (Phi) is 26.8. The molecular weight excluding hydrogens is 290 g/mol. The quantitative estimate of drug-likeness (QED) is 0.230. The summed E-state index contributed by atoms with van der Waals surface area (Å²) in [5.41, 5.74) is -1.62. The monoisotopic (exact) mass is 296 g/mol. The van der Waals surface area contributed by atoms with Crippen LogP contribution in [0.5, 0.6) is 0 Å². The molecule has 0 bridgehead atoms. The van der Waals surface area contributed by atoms with Crippen molar-refractivity contribution in [2.24, 2.45) is 0 Å². The molecule has 0 fully saturated rings. The second-order valence-electron chi connectivity index (χ2n) is 1.62. The third kappa shape index (κ3) is 20.3. The van der Waals surface area contributed by atoms with E-state index in [4.69, 9.17) is 24.7 Å². The molecule has 0 heterocycles. The molecule has 15 heavy (non-hydrogen) atoms. The molecule has 0 atom stereocenters. The molecule has 0 amide bonds. The third-order valence-corrected chi connectivity index (χ3v) is 2.09. The summed E-state index contributed by atoms with van der Waals surface area (Å²) in [4.78, 5) is 32.4. The predicted molar refractivity (Wildman–Crippen MR) is 57.8 cm³/mol. The minimum Gasteiger partial charge on any atom is -0.501 e. The number of rotatable bonds is 2. The molecule has 0 aliphatic rings. The van der Waals surface area contributed by atoms with Crippen molar-refractivity contribution in [3.8, 4) is 0 Å². The van der Waals surface area contributed by atoms with E-state index in [0.717, 1.165) is 0 Å². The zero-order valence-electron chi connectivity index (χ0n) is 9.02.